The van der Waals surface area contributed by atoms with Crippen molar-refractivity contribution in [2.75, 3.05) is 27.3 Å². The monoisotopic (exact) mass is 552 g/mol. The summed E-state index contributed by atoms with van der Waals surface area (Å²) in [5.74, 6) is 2.53. The third kappa shape index (κ3) is 7.29. The van der Waals surface area contributed by atoms with E-state index in [1.807, 2.05) is 30.0 Å². The van der Waals surface area contributed by atoms with Gasteiger partial charge in [0.15, 0.2) is 5.96 Å². The summed E-state index contributed by atoms with van der Waals surface area (Å²) in [6, 6.07) is 14.1. The maximum atomic E-state index is 11.8. The molecule has 1 amide bonds. The molecule has 32 heavy (non-hydrogen) atoms. The minimum Gasteiger partial charge on any atom is -0.497 e. The molecule has 0 radical (unpaired) electrons. The summed E-state index contributed by atoms with van der Waals surface area (Å²) in [5.41, 5.74) is 3.30. The van der Waals surface area contributed by atoms with E-state index in [9.17, 15) is 4.79 Å². The lowest BCUT2D eigenvalue weighted by Gasteiger charge is -2.16. The van der Waals surface area contributed by atoms with Gasteiger partial charge in [-0.25, -0.2) is 4.99 Å². The predicted octanol–water partition coefficient (Wildman–Crippen LogP) is 3.70. The quantitative estimate of drug-likeness (QED) is 0.282. The first-order chi connectivity index (χ1) is 15.1. The summed E-state index contributed by atoms with van der Waals surface area (Å²) in [4.78, 5) is 18.4. The molecule has 0 spiro atoms. The zero-order valence-corrected chi connectivity index (χ0v) is 21.3. The normalized spacial score (nSPS) is 13.5. The third-order valence-corrected chi connectivity index (χ3v) is 5.27. The second kappa shape index (κ2) is 13.1. The molecule has 0 aromatic heterocycles. The highest BCUT2D eigenvalue weighted by Crippen LogP contribution is 2.24. The third-order valence-electron chi connectivity index (χ3n) is 5.27. The average Bonchev–Trinajstić information content (AvgIpc) is 3.20. The predicted molar refractivity (Wildman–Crippen MR) is 138 cm³/mol. The summed E-state index contributed by atoms with van der Waals surface area (Å²) >= 11 is 0. The van der Waals surface area contributed by atoms with Crippen LogP contribution in [0.25, 0.3) is 0 Å². The van der Waals surface area contributed by atoms with E-state index in [1.165, 1.54) is 0 Å². The highest BCUT2D eigenvalue weighted by atomic mass is 127. The number of nitrogens with zero attached hydrogens (tertiary/aromatic N) is 2. The molecule has 1 saturated heterocycles. The Morgan fingerprint density at radius 2 is 1.81 bits per heavy atom. The Hall–Kier alpha value is -2.49. The molecule has 7 nitrogen and oxygen atoms in total. The molecule has 0 bridgehead atoms. The minimum atomic E-state index is 0. The number of aliphatic imine (C=N–C) groups is 1. The molecule has 3 rings (SSSR count). The van der Waals surface area contributed by atoms with Crippen LogP contribution >= 0.6 is 24.0 Å². The van der Waals surface area contributed by atoms with Gasteiger partial charge >= 0.3 is 0 Å². The maximum absolute atomic E-state index is 11.8. The van der Waals surface area contributed by atoms with Crippen molar-refractivity contribution < 1.29 is 14.3 Å². The minimum absolute atomic E-state index is 0. The van der Waals surface area contributed by atoms with Gasteiger partial charge in [-0.3, -0.25) is 4.79 Å². The topological polar surface area (TPSA) is 75.2 Å². The Morgan fingerprint density at radius 3 is 2.44 bits per heavy atom. The molecule has 2 aromatic carbocycles. The molecule has 1 aliphatic rings. The van der Waals surface area contributed by atoms with E-state index in [0.717, 1.165) is 53.7 Å². The van der Waals surface area contributed by atoms with Gasteiger partial charge in [-0.15, -0.1) is 24.0 Å². The molecular weight excluding hydrogens is 519 g/mol. The van der Waals surface area contributed by atoms with Crippen LogP contribution in [0.2, 0.25) is 0 Å². The first-order valence-electron chi connectivity index (χ1n) is 10.7. The molecule has 1 aliphatic heterocycles. The zero-order valence-electron chi connectivity index (χ0n) is 19.0. The van der Waals surface area contributed by atoms with Gasteiger partial charge in [0.05, 0.1) is 20.8 Å². The fourth-order valence-corrected chi connectivity index (χ4v) is 3.53. The van der Waals surface area contributed by atoms with Gasteiger partial charge < -0.3 is 25.0 Å². The standard InChI is InChI=1S/C24H32N4O3.HI/c1-4-25-24(27-16-20-11-12-21(30-2)14-22(20)31-3)26-15-18-7-9-19(10-8-18)17-28-13-5-6-23(28)29;/h7-12,14H,4-6,13,15-17H2,1-3H3,(H2,25,26,27);1H. The number of ether oxygens (including phenoxy) is 2. The number of halogens is 1. The van der Waals surface area contributed by atoms with Gasteiger partial charge in [0, 0.05) is 44.2 Å². The summed E-state index contributed by atoms with van der Waals surface area (Å²) < 4.78 is 10.7. The number of hydrogen-bond donors (Lipinski definition) is 2. The number of likely N-dealkylation sites (tertiary alicyclic amines) is 1. The van der Waals surface area contributed by atoms with Crippen LogP contribution in [0.1, 0.15) is 36.5 Å². The number of methoxy groups -OCH3 is 2. The largest absolute Gasteiger partial charge is 0.497 e. The first kappa shape index (κ1) is 25.8. The number of nitrogens with one attached hydrogen (secondary N) is 2. The molecule has 1 fully saturated rings. The van der Waals surface area contributed by atoms with Crippen LogP contribution in [0.5, 0.6) is 11.5 Å². The van der Waals surface area contributed by atoms with Gasteiger partial charge in [-0.2, -0.15) is 0 Å². The van der Waals surface area contributed by atoms with Crippen molar-refractivity contribution in [1.29, 1.82) is 0 Å². The van der Waals surface area contributed by atoms with E-state index < -0.39 is 0 Å². The van der Waals surface area contributed by atoms with Crippen LogP contribution in [0.15, 0.2) is 47.5 Å². The Kier molecular flexibility index (Phi) is 10.6. The smallest absolute Gasteiger partial charge is 0.222 e. The first-order valence-corrected chi connectivity index (χ1v) is 10.7. The van der Waals surface area contributed by atoms with Crippen molar-refractivity contribution in [3.8, 4) is 11.5 Å². The van der Waals surface area contributed by atoms with Crippen LogP contribution < -0.4 is 20.1 Å². The van der Waals surface area contributed by atoms with Crippen molar-refractivity contribution in [2.45, 2.75) is 39.4 Å². The van der Waals surface area contributed by atoms with Gasteiger partial charge in [0.1, 0.15) is 11.5 Å². The number of amides is 1. The summed E-state index contributed by atoms with van der Waals surface area (Å²) in [6.07, 6.45) is 1.64. The fraction of sp³-hybridized carbons (Fsp3) is 0.417. The molecule has 0 saturated carbocycles. The molecule has 174 valence electrons. The van der Waals surface area contributed by atoms with Crippen molar-refractivity contribution in [3.63, 3.8) is 0 Å². The Morgan fingerprint density at radius 1 is 1.06 bits per heavy atom. The van der Waals surface area contributed by atoms with E-state index in [4.69, 9.17) is 14.5 Å². The summed E-state index contributed by atoms with van der Waals surface area (Å²) in [6.45, 7) is 5.52. The molecule has 2 aromatic rings. The number of hydrogen-bond acceptors (Lipinski definition) is 4. The number of guanidine groups is 1. The maximum Gasteiger partial charge on any atom is 0.222 e. The fourth-order valence-electron chi connectivity index (χ4n) is 3.53. The molecule has 2 N–H and O–H groups in total. The highest BCUT2D eigenvalue weighted by molar-refractivity contribution is 14.0. The molecule has 0 atom stereocenters. The van der Waals surface area contributed by atoms with Gasteiger partial charge in [-0.1, -0.05) is 24.3 Å². The van der Waals surface area contributed by atoms with Crippen LogP contribution in [0.3, 0.4) is 0 Å². The van der Waals surface area contributed by atoms with E-state index >= 15 is 0 Å². The Balaban J connectivity index is 0.00000363. The van der Waals surface area contributed by atoms with E-state index in [2.05, 4.69) is 34.9 Å². The summed E-state index contributed by atoms with van der Waals surface area (Å²) in [5, 5.41) is 6.63. The van der Waals surface area contributed by atoms with Crippen LogP contribution in [0, 0.1) is 0 Å². The van der Waals surface area contributed by atoms with Gasteiger partial charge in [0.25, 0.3) is 0 Å². The lowest BCUT2D eigenvalue weighted by molar-refractivity contribution is -0.128. The van der Waals surface area contributed by atoms with E-state index in [-0.39, 0.29) is 29.9 Å². The number of benzene rings is 2. The molecule has 8 heteroatoms. The van der Waals surface area contributed by atoms with Crippen molar-refractivity contribution >= 4 is 35.8 Å². The summed E-state index contributed by atoms with van der Waals surface area (Å²) in [7, 11) is 3.29. The van der Waals surface area contributed by atoms with Crippen molar-refractivity contribution in [3.05, 3.63) is 59.2 Å². The second-order valence-corrected chi connectivity index (χ2v) is 7.46. The highest BCUT2D eigenvalue weighted by Gasteiger charge is 2.19. The molecule has 1 heterocycles. The van der Waals surface area contributed by atoms with E-state index in [1.54, 1.807) is 14.2 Å². The van der Waals surface area contributed by atoms with Crippen molar-refractivity contribution in [1.82, 2.24) is 15.5 Å². The van der Waals surface area contributed by atoms with Gasteiger partial charge in [-0.05, 0) is 36.6 Å². The SMILES string of the molecule is CCNC(=NCc1ccc(CN2CCCC2=O)cc1)NCc1ccc(OC)cc1OC.I. The lowest BCUT2D eigenvalue weighted by atomic mass is 10.1. The zero-order chi connectivity index (χ0) is 22.1. The Labute approximate surface area is 207 Å². The molecule has 0 aliphatic carbocycles. The molecule has 0 unspecified atom stereocenters. The lowest BCUT2D eigenvalue weighted by Crippen LogP contribution is -2.36. The molecular formula is C24H33IN4O3. The van der Waals surface area contributed by atoms with Crippen LogP contribution in [0.4, 0.5) is 0 Å². The number of rotatable bonds is 9. The average molecular weight is 552 g/mol. The Bertz CT molecular complexity index is 903. The van der Waals surface area contributed by atoms with Crippen LogP contribution in [-0.4, -0.2) is 44.1 Å². The van der Waals surface area contributed by atoms with E-state index in [0.29, 0.717) is 26.1 Å². The van der Waals surface area contributed by atoms with Crippen molar-refractivity contribution in [2.24, 2.45) is 4.99 Å². The number of carbonyl (C=O) groups excluding carboxylic acids is 1. The van der Waals surface area contributed by atoms with Crippen LogP contribution in [-0.2, 0) is 24.4 Å². The second-order valence-electron chi connectivity index (χ2n) is 7.46. The number of carbonyl (C=O) groups is 1. The van der Waals surface area contributed by atoms with Gasteiger partial charge in [0.2, 0.25) is 5.91 Å².